The number of hydrogen-bond acceptors (Lipinski definition) is 3. The van der Waals surface area contributed by atoms with Gasteiger partial charge in [-0.25, -0.2) is 0 Å². The second-order valence-corrected chi connectivity index (χ2v) is 6.42. The predicted octanol–water partition coefficient (Wildman–Crippen LogP) is 2.56. The Balaban J connectivity index is 1.83. The van der Waals surface area contributed by atoms with Crippen molar-refractivity contribution in [3.8, 4) is 0 Å². The number of hydrogen-bond donors (Lipinski definition) is 0. The molecule has 0 spiro atoms. The number of epoxide rings is 1. The molecule has 100 valence electrons. The molecule has 4 atom stereocenters. The summed E-state index contributed by atoms with van der Waals surface area (Å²) >= 11 is 0. The van der Waals surface area contributed by atoms with Crippen molar-refractivity contribution in [1.82, 2.24) is 0 Å². The highest BCUT2D eigenvalue weighted by atomic mass is 16.6. The number of rotatable bonds is 0. The molecule has 1 aliphatic heterocycles. The molecule has 0 aromatic heterocycles. The summed E-state index contributed by atoms with van der Waals surface area (Å²) in [5.41, 5.74) is 0.561. The third-order valence-corrected chi connectivity index (χ3v) is 5.72. The molecule has 0 unspecified atom stereocenters. The van der Waals surface area contributed by atoms with Gasteiger partial charge in [-0.3, -0.25) is 9.59 Å². The minimum atomic E-state index is -0.875. The topological polar surface area (TPSA) is 46.7 Å². The molecule has 6 rings (SSSR count). The molecule has 1 aromatic carbocycles. The van der Waals surface area contributed by atoms with Crippen LogP contribution < -0.4 is 0 Å². The van der Waals surface area contributed by atoms with Crippen molar-refractivity contribution in [3.63, 3.8) is 0 Å². The molecule has 1 saturated carbocycles. The van der Waals surface area contributed by atoms with Crippen molar-refractivity contribution < 1.29 is 14.3 Å². The summed E-state index contributed by atoms with van der Waals surface area (Å²) in [5, 5.41) is 0. The van der Waals surface area contributed by atoms with Gasteiger partial charge in [-0.1, -0.05) is 35.9 Å². The summed E-state index contributed by atoms with van der Waals surface area (Å²) in [6.45, 7) is 2.06. The molecule has 1 aromatic rings. The van der Waals surface area contributed by atoms with Gasteiger partial charge >= 0.3 is 0 Å². The van der Waals surface area contributed by atoms with Crippen LogP contribution in [0.3, 0.4) is 0 Å². The van der Waals surface area contributed by atoms with Crippen LogP contribution in [0.25, 0.3) is 0 Å². The van der Waals surface area contributed by atoms with Crippen LogP contribution in [0.15, 0.2) is 35.9 Å². The number of carbonyl (C=O) groups excluding carboxylic acids is 2. The Labute approximate surface area is 116 Å². The van der Waals surface area contributed by atoms with E-state index in [1.807, 2.05) is 12.1 Å². The van der Waals surface area contributed by atoms with Crippen LogP contribution in [0.1, 0.15) is 40.5 Å². The molecule has 5 aliphatic rings. The van der Waals surface area contributed by atoms with Crippen LogP contribution in [0.4, 0.5) is 0 Å². The highest BCUT2D eigenvalue weighted by Crippen LogP contribution is 2.71. The molecule has 0 radical (unpaired) electrons. The molecule has 2 fully saturated rings. The van der Waals surface area contributed by atoms with Crippen LogP contribution >= 0.6 is 0 Å². The predicted molar refractivity (Wildman–Crippen MR) is 71.6 cm³/mol. The van der Waals surface area contributed by atoms with Crippen LogP contribution in [0.2, 0.25) is 0 Å². The van der Waals surface area contributed by atoms with Gasteiger partial charge in [0.25, 0.3) is 0 Å². The summed E-state index contributed by atoms with van der Waals surface area (Å²) < 4.78 is 6.03. The van der Waals surface area contributed by atoms with Gasteiger partial charge in [0.2, 0.25) is 0 Å². The van der Waals surface area contributed by atoms with E-state index in [4.69, 9.17) is 4.74 Å². The number of ketones is 2. The zero-order valence-corrected chi connectivity index (χ0v) is 11.2. The van der Waals surface area contributed by atoms with Gasteiger partial charge in [-0.15, -0.1) is 0 Å². The highest BCUT2D eigenvalue weighted by Gasteiger charge is 2.87. The molecule has 4 aliphatic carbocycles. The van der Waals surface area contributed by atoms with Gasteiger partial charge in [0.05, 0.1) is 0 Å². The van der Waals surface area contributed by atoms with Crippen molar-refractivity contribution in [2.45, 2.75) is 31.0 Å². The molecule has 20 heavy (non-hydrogen) atoms. The van der Waals surface area contributed by atoms with Gasteiger partial charge in [0, 0.05) is 23.0 Å². The van der Waals surface area contributed by atoms with Crippen LogP contribution in [-0.4, -0.2) is 22.8 Å². The minimum Gasteiger partial charge on any atom is -0.344 e. The molecular weight excluding hydrogens is 252 g/mol. The first-order chi connectivity index (χ1) is 9.63. The fourth-order valence-corrected chi connectivity index (χ4v) is 4.88. The minimum absolute atomic E-state index is 0.0196. The monoisotopic (exact) mass is 266 g/mol. The Hall–Kier alpha value is -1.74. The van der Waals surface area contributed by atoms with Crippen molar-refractivity contribution in [3.05, 3.63) is 47.0 Å². The van der Waals surface area contributed by atoms with E-state index in [1.54, 1.807) is 12.1 Å². The van der Waals surface area contributed by atoms with Crippen molar-refractivity contribution >= 4 is 11.6 Å². The number of Topliss-reactive ketones (excluding diaryl/α,β-unsaturated/α-hetero) is 2. The van der Waals surface area contributed by atoms with Crippen molar-refractivity contribution in [2.75, 3.05) is 0 Å². The molecular formula is C17H14O3. The van der Waals surface area contributed by atoms with Gasteiger partial charge in [0.1, 0.15) is 0 Å². The highest BCUT2D eigenvalue weighted by molar-refractivity contribution is 6.26. The summed E-state index contributed by atoms with van der Waals surface area (Å²) in [7, 11) is 0. The first-order valence-electron chi connectivity index (χ1n) is 7.20. The average molecular weight is 266 g/mol. The molecule has 0 N–H and O–H groups in total. The molecule has 0 amide bonds. The van der Waals surface area contributed by atoms with Gasteiger partial charge in [-0.05, 0) is 19.8 Å². The summed E-state index contributed by atoms with van der Waals surface area (Å²) in [6, 6.07) is 7.16. The Morgan fingerprint density at radius 2 is 1.70 bits per heavy atom. The third-order valence-electron chi connectivity index (χ3n) is 5.72. The quantitative estimate of drug-likeness (QED) is 0.535. The van der Waals surface area contributed by atoms with E-state index < -0.39 is 11.2 Å². The van der Waals surface area contributed by atoms with Gasteiger partial charge in [0.15, 0.2) is 22.8 Å². The summed E-state index contributed by atoms with van der Waals surface area (Å²) in [6.07, 6.45) is 4.07. The largest absolute Gasteiger partial charge is 0.344 e. The number of fused-ring (bicyclic) bond motifs is 2. The lowest BCUT2D eigenvalue weighted by Crippen LogP contribution is -2.57. The lowest BCUT2D eigenvalue weighted by atomic mass is 9.54. The average Bonchev–Trinajstić information content (AvgIpc) is 3.20. The molecule has 1 saturated heterocycles. The Bertz CT molecular complexity index is 732. The number of benzene rings is 1. The maximum atomic E-state index is 13.0. The lowest BCUT2D eigenvalue weighted by Gasteiger charge is -2.42. The molecule has 3 nitrogen and oxygen atoms in total. The van der Waals surface area contributed by atoms with Crippen LogP contribution in [0, 0.1) is 11.8 Å². The molecule has 2 bridgehead atoms. The van der Waals surface area contributed by atoms with Crippen LogP contribution in [0.5, 0.6) is 0 Å². The van der Waals surface area contributed by atoms with Gasteiger partial charge in [-0.2, -0.15) is 0 Å². The zero-order valence-electron chi connectivity index (χ0n) is 11.2. The van der Waals surface area contributed by atoms with E-state index in [9.17, 15) is 9.59 Å². The normalized spacial score (nSPS) is 43.5. The van der Waals surface area contributed by atoms with E-state index in [-0.39, 0.29) is 23.4 Å². The molecule has 1 heterocycles. The number of ether oxygens (including phenoxy) is 1. The molecule has 3 heteroatoms. The maximum Gasteiger partial charge on any atom is 0.199 e. The maximum absolute atomic E-state index is 13.0. The Morgan fingerprint density at radius 1 is 1.05 bits per heavy atom. The Morgan fingerprint density at radius 3 is 2.35 bits per heavy atom. The van der Waals surface area contributed by atoms with E-state index in [0.717, 1.165) is 12.8 Å². The lowest BCUT2D eigenvalue weighted by molar-refractivity contribution is 0.0725. The van der Waals surface area contributed by atoms with Crippen molar-refractivity contribution in [2.24, 2.45) is 11.8 Å². The van der Waals surface area contributed by atoms with Crippen molar-refractivity contribution in [1.29, 1.82) is 0 Å². The second kappa shape index (κ2) is 2.96. The first kappa shape index (κ1) is 11.0. The van der Waals surface area contributed by atoms with E-state index >= 15 is 0 Å². The standard InChI is InChI=1S/C17H14O3/c1-9-8-10-6-7-13(9)17-15(19)12-5-3-2-4-11(12)14(18)16(10,17)20-17/h2-5,8,10,13H,6-7H2,1H3/t10-,13+,16-,17+/m0/s1. The third kappa shape index (κ3) is 0.837. The van der Waals surface area contributed by atoms with Crippen LogP contribution in [-0.2, 0) is 4.74 Å². The van der Waals surface area contributed by atoms with E-state index in [1.165, 1.54) is 5.57 Å². The number of carbonyl (C=O) groups is 2. The SMILES string of the molecule is CC1=C[C@@H]2CC[C@H]1[C@]13O[C@]21C(=O)c1ccccc1C3=O. The second-order valence-electron chi connectivity index (χ2n) is 6.42. The van der Waals surface area contributed by atoms with E-state index in [0.29, 0.717) is 11.1 Å². The van der Waals surface area contributed by atoms with E-state index in [2.05, 4.69) is 13.0 Å². The smallest absolute Gasteiger partial charge is 0.199 e. The zero-order chi connectivity index (χ0) is 13.7. The first-order valence-corrected chi connectivity index (χ1v) is 7.20. The summed E-state index contributed by atoms with van der Waals surface area (Å²) in [5.74, 6) is 0.190. The van der Waals surface area contributed by atoms with Gasteiger partial charge < -0.3 is 4.74 Å². The fourth-order valence-electron chi connectivity index (χ4n) is 4.88. The summed E-state index contributed by atoms with van der Waals surface area (Å²) in [4.78, 5) is 25.9. The fraction of sp³-hybridized carbons (Fsp3) is 0.412. The Kier molecular flexibility index (Phi) is 1.63.